The molecule has 0 aromatic heterocycles. The highest BCUT2D eigenvalue weighted by molar-refractivity contribution is 5.60. The summed E-state index contributed by atoms with van der Waals surface area (Å²) in [6.45, 7) is 6.71. The SMILES string of the molecule is Cc1cc(C)c(C2Nc3ccccc3C3C=CCC32)c(C)c1. The van der Waals surface area contributed by atoms with Gasteiger partial charge < -0.3 is 5.32 Å². The number of anilines is 1. The Bertz CT molecular complexity index is 733. The largest absolute Gasteiger partial charge is 0.378 e. The second-order valence-electron chi connectivity index (χ2n) is 6.88. The van der Waals surface area contributed by atoms with E-state index in [-0.39, 0.29) is 0 Å². The number of nitrogens with one attached hydrogen (secondary N) is 1. The van der Waals surface area contributed by atoms with Crippen LogP contribution in [0.4, 0.5) is 5.69 Å². The van der Waals surface area contributed by atoms with Crippen molar-refractivity contribution in [2.75, 3.05) is 5.32 Å². The molecule has 0 amide bonds. The van der Waals surface area contributed by atoms with Crippen LogP contribution in [0.1, 0.15) is 46.2 Å². The second-order valence-corrected chi connectivity index (χ2v) is 6.88. The van der Waals surface area contributed by atoms with E-state index in [0.29, 0.717) is 17.9 Å². The molecule has 0 bridgehead atoms. The molecule has 1 heterocycles. The molecule has 0 radical (unpaired) electrons. The van der Waals surface area contributed by atoms with Crippen molar-refractivity contribution in [1.82, 2.24) is 0 Å². The fourth-order valence-corrected chi connectivity index (χ4v) is 4.51. The van der Waals surface area contributed by atoms with Gasteiger partial charge in [0.05, 0.1) is 6.04 Å². The van der Waals surface area contributed by atoms with Crippen LogP contribution in [0.2, 0.25) is 0 Å². The summed E-state index contributed by atoms with van der Waals surface area (Å²) in [6.07, 6.45) is 5.95. The minimum atomic E-state index is 0.413. The van der Waals surface area contributed by atoms with Crippen molar-refractivity contribution in [2.45, 2.75) is 39.2 Å². The van der Waals surface area contributed by atoms with Gasteiger partial charge in [-0.2, -0.15) is 0 Å². The standard InChI is InChI=1S/C21H23N/c1-13-11-14(2)20(15(3)12-13)21-18-9-6-8-16(18)17-7-4-5-10-19(17)22-21/h4-8,10-12,16,18,21-22H,9H2,1-3H3. The number of aryl methyl sites for hydroxylation is 3. The summed E-state index contributed by atoms with van der Waals surface area (Å²) in [5.41, 5.74) is 8.45. The van der Waals surface area contributed by atoms with Crippen molar-refractivity contribution >= 4 is 5.69 Å². The minimum Gasteiger partial charge on any atom is -0.378 e. The Morgan fingerprint density at radius 2 is 1.73 bits per heavy atom. The highest BCUT2D eigenvalue weighted by Crippen LogP contribution is 2.50. The van der Waals surface area contributed by atoms with Crippen LogP contribution in [0.15, 0.2) is 48.6 Å². The van der Waals surface area contributed by atoms with E-state index in [4.69, 9.17) is 0 Å². The molecule has 1 N–H and O–H groups in total. The summed E-state index contributed by atoms with van der Waals surface area (Å²) in [5, 5.41) is 3.85. The van der Waals surface area contributed by atoms with Gasteiger partial charge in [-0.3, -0.25) is 0 Å². The first-order valence-electron chi connectivity index (χ1n) is 8.25. The first-order valence-corrected chi connectivity index (χ1v) is 8.25. The molecule has 3 atom stereocenters. The molecule has 0 saturated heterocycles. The molecular weight excluding hydrogens is 266 g/mol. The van der Waals surface area contributed by atoms with E-state index in [1.165, 1.54) is 39.9 Å². The van der Waals surface area contributed by atoms with Gasteiger partial charge in [-0.05, 0) is 61.4 Å². The molecule has 1 nitrogen and oxygen atoms in total. The van der Waals surface area contributed by atoms with Gasteiger partial charge >= 0.3 is 0 Å². The summed E-state index contributed by atoms with van der Waals surface area (Å²) < 4.78 is 0. The third kappa shape index (κ3) is 1.99. The maximum Gasteiger partial charge on any atom is 0.0559 e. The average Bonchev–Trinajstić information content (AvgIpc) is 2.96. The Kier molecular flexibility index (Phi) is 3.11. The lowest BCUT2D eigenvalue weighted by atomic mass is 9.75. The fourth-order valence-electron chi connectivity index (χ4n) is 4.51. The number of hydrogen-bond donors (Lipinski definition) is 1. The average molecular weight is 289 g/mol. The first kappa shape index (κ1) is 13.6. The molecule has 2 aromatic carbocycles. The van der Waals surface area contributed by atoms with E-state index >= 15 is 0 Å². The predicted molar refractivity (Wildman–Crippen MR) is 93.4 cm³/mol. The summed E-state index contributed by atoms with van der Waals surface area (Å²) in [5.74, 6) is 1.19. The molecule has 0 fully saturated rings. The normalized spacial score (nSPS) is 25.5. The van der Waals surface area contributed by atoms with Gasteiger partial charge in [-0.25, -0.2) is 0 Å². The Hall–Kier alpha value is -2.02. The van der Waals surface area contributed by atoms with Crippen LogP contribution in [0.5, 0.6) is 0 Å². The number of benzene rings is 2. The van der Waals surface area contributed by atoms with Gasteiger partial charge in [0.1, 0.15) is 0 Å². The fraction of sp³-hybridized carbons (Fsp3) is 0.333. The molecule has 22 heavy (non-hydrogen) atoms. The van der Waals surface area contributed by atoms with E-state index in [1.807, 2.05) is 0 Å². The number of allylic oxidation sites excluding steroid dienone is 2. The molecule has 0 spiro atoms. The van der Waals surface area contributed by atoms with Crippen molar-refractivity contribution < 1.29 is 0 Å². The summed E-state index contributed by atoms with van der Waals surface area (Å²) in [7, 11) is 0. The lowest BCUT2D eigenvalue weighted by Crippen LogP contribution is -2.30. The maximum absolute atomic E-state index is 3.85. The third-order valence-corrected chi connectivity index (χ3v) is 5.32. The minimum absolute atomic E-state index is 0.413. The smallest absolute Gasteiger partial charge is 0.0559 e. The lowest BCUT2D eigenvalue weighted by Gasteiger charge is -2.39. The van der Waals surface area contributed by atoms with E-state index in [1.54, 1.807) is 0 Å². The highest BCUT2D eigenvalue weighted by Gasteiger charge is 2.38. The van der Waals surface area contributed by atoms with Crippen LogP contribution >= 0.6 is 0 Å². The predicted octanol–water partition coefficient (Wildman–Crippen LogP) is 5.44. The van der Waals surface area contributed by atoms with Crippen molar-refractivity contribution in [3.8, 4) is 0 Å². The van der Waals surface area contributed by atoms with Gasteiger partial charge in [0.25, 0.3) is 0 Å². The number of hydrogen-bond acceptors (Lipinski definition) is 1. The molecule has 2 aromatic rings. The Morgan fingerprint density at radius 1 is 1.00 bits per heavy atom. The molecule has 3 unspecified atom stereocenters. The number of rotatable bonds is 1. The molecule has 0 saturated carbocycles. The Morgan fingerprint density at radius 3 is 2.50 bits per heavy atom. The van der Waals surface area contributed by atoms with Gasteiger partial charge in [-0.1, -0.05) is 48.0 Å². The van der Waals surface area contributed by atoms with E-state index in [0.717, 1.165) is 0 Å². The van der Waals surface area contributed by atoms with Gasteiger partial charge in [0, 0.05) is 11.6 Å². The van der Waals surface area contributed by atoms with Crippen molar-refractivity contribution in [1.29, 1.82) is 0 Å². The highest BCUT2D eigenvalue weighted by atomic mass is 15.0. The Labute approximate surface area is 133 Å². The second kappa shape index (κ2) is 5.01. The molecule has 1 aliphatic carbocycles. The van der Waals surface area contributed by atoms with Crippen LogP contribution in [0.3, 0.4) is 0 Å². The topological polar surface area (TPSA) is 12.0 Å². The zero-order valence-corrected chi connectivity index (χ0v) is 13.6. The van der Waals surface area contributed by atoms with Crippen molar-refractivity contribution in [2.24, 2.45) is 5.92 Å². The number of fused-ring (bicyclic) bond motifs is 3. The van der Waals surface area contributed by atoms with Crippen LogP contribution in [0.25, 0.3) is 0 Å². The van der Waals surface area contributed by atoms with Crippen LogP contribution in [0, 0.1) is 26.7 Å². The van der Waals surface area contributed by atoms with Crippen LogP contribution in [-0.4, -0.2) is 0 Å². The quantitative estimate of drug-likeness (QED) is 0.689. The molecule has 1 aliphatic heterocycles. The number of para-hydroxylation sites is 1. The van der Waals surface area contributed by atoms with Crippen molar-refractivity contribution in [3.63, 3.8) is 0 Å². The summed E-state index contributed by atoms with van der Waals surface area (Å²) >= 11 is 0. The van der Waals surface area contributed by atoms with E-state index in [9.17, 15) is 0 Å². The zero-order chi connectivity index (χ0) is 15.3. The molecule has 1 heteroatoms. The molecular formula is C21H23N. The van der Waals surface area contributed by atoms with Crippen molar-refractivity contribution in [3.05, 3.63) is 76.4 Å². The van der Waals surface area contributed by atoms with Gasteiger partial charge in [0.15, 0.2) is 0 Å². The maximum atomic E-state index is 3.85. The third-order valence-electron chi connectivity index (χ3n) is 5.32. The van der Waals surface area contributed by atoms with Gasteiger partial charge in [-0.15, -0.1) is 0 Å². The molecule has 112 valence electrons. The molecule has 2 aliphatic rings. The summed E-state index contributed by atoms with van der Waals surface area (Å²) in [6, 6.07) is 13.9. The van der Waals surface area contributed by atoms with E-state index < -0.39 is 0 Å². The molecule has 4 rings (SSSR count). The zero-order valence-electron chi connectivity index (χ0n) is 13.6. The first-order chi connectivity index (χ1) is 10.6. The monoisotopic (exact) mass is 289 g/mol. The Balaban J connectivity index is 1.84. The van der Waals surface area contributed by atoms with E-state index in [2.05, 4.69) is 74.6 Å². The summed E-state index contributed by atoms with van der Waals surface area (Å²) in [4.78, 5) is 0. The van der Waals surface area contributed by atoms with Gasteiger partial charge in [0.2, 0.25) is 0 Å². The van der Waals surface area contributed by atoms with Crippen LogP contribution in [-0.2, 0) is 0 Å². The van der Waals surface area contributed by atoms with Crippen LogP contribution < -0.4 is 5.32 Å². The lowest BCUT2D eigenvalue weighted by molar-refractivity contribution is 0.423.